The summed E-state index contributed by atoms with van der Waals surface area (Å²) in [5.74, 6) is -1.42. The van der Waals surface area contributed by atoms with Crippen molar-refractivity contribution in [3.8, 4) is 17.1 Å². The maximum atomic E-state index is 13.6. The van der Waals surface area contributed by atoms with E-state index in [1.165, 1.54) is 25.3 Å². The molecule has 0 radical (unpaired) electrons. The van der Waals surface area contributed by atoms with Crippen molar-refractivity contribution in [3.63, 3.8) is 0 Å². The van der Waals surface area contributed by atoms with Crippen LogP contribution in [0.15, 0.2) is 22.7 Å². The number of hydrogen-bond acceptors (Lipinski definition) is 6. The van der Waals surface area contributed by atoms with E-state index in [1.807, 2.05) is 11.8 Å². The zero-order valence-electron chi connectivity index (χ0n) is 14.7. The Balaban J connectivity index is 1.96. The number of aliphatic hydroxyl groups excluding tert-OH is 1. The summed E-state index contributed by atoms with van der Waals surface area (Å²) in [6.07, 6.45) is 1.43. The molecule has 1 aliphatic heterocycles. The number of piperidine rings is 1. The van der Waals surface area contributed by atoms with Crippen LogP contribution < -0.4 is 9.64 Å². The Hall–Kier alpha value is -2.61. The minimum atomic E-state index is -1.17. The first-order valence-electron chi connectivity index (χ1n) is 8.31. The Morgan fingerprint density at radius 2 is 2.12 bits per heavy atom. The molecule has 0 saturated carbocycles. The molecular weight excluding hydrogens is 343 g/mol. The maximum Gasteiger partial charge on any atom is 0.343 e. The van der Waals surface area contributed by atoms with Gasteiger partial charge in [-0.25, -0.2) is 9.18 Å². The molecule has 3 rings (SSSR count). The third kappa shape index (κ3) is 3.24. The van der Waals surface area contributed by atoms with Crippen molar-refractivity contribution in [2.45, 2.75) is 19.8 Å². The van der Waals surface area contributed by atoms with Gasteiger partial charge in [0.2, 0.25) is 0 Å². The van der Waals surface area contributed by atoms with Crippen LogP contribution in [-0.2, 0) is 0 Å². The second kappa shape index (κ2) is 6.95. The van der Waals surface area contributed by atoms with E-state index in [1.54, 1.807) is 0 Å². The highest BCUT2D eigenvalue weighted by Gasteiger charge is 2.34. The SMILES string of the molecule is COc1cc(-c2onc(N3CCC(C)(CO)CC3)c2C(=O)O)ccc1F. The number of hydrogen-bond donors (Lipinski definition) is 2. The predicted molar refractivity (Wildman–Crippen MR) is 92.0 cm³/mol. The fourth-order valence-corrected chi connectivity index (χ4v) is 3.10. The van der Waals surface area contributed by atoms with Crippen molar-refractivity contribution < 1.29 is 28.7 Å². The van der Waals surface area contributed by atoms with Crippen molar-refractivity contribution >= 4 is 11.8 Å². The molecule has 2 N–H and O–H groups in total. The summed E-state index contributed by atoms with van der Waals surface area (Å²) >= 11 is 0. The average Bonchev–Trinajstić information content (AvgIpc) is 3.08. The lowest BCUT2D eigenvalue weighted by atomic mass is 9.81. The monoisotopic (exact) mass is 364 g/mol. The highest BCUT2D eigenvalue weighted by molar-refractivity contribution is 5.99. The van der Waals surface area contributed by atoms with Crippen LogP contribution in [0.4, 0.5) is 10.2 Å². The number of carbonyl (C=O) groups is 1. The van der Waals surface area contributed by atoms with Crippen LogP contribution in [-0.4, -0.2) is 48.1 Å². The minimum Gasteiger partial charge on any atom is -0.494 e. The molecule has 0 spiro atoms. The Morgan fingerprint density at radius 1 is 1.42 bits per heavy atom. The van der Waals surface area contributed by atoms with Crippen molar-refractivity contribution in [2.75, 3.05) is 31.7 Å². The molecule has 8 heteroatoms. The highest BCUT2D eigenvalue weighted by atomic mass is 19.1. The largest absolute Gasteiger partial charge is 0.494 e. The number of anilines is 1. The van der Waals surface area contributed by atoms with E-state index in [-0.39, 0.29) is 34.9 Å². The van der Waals surface area contributed by atoms with Crippen LogP contribution in [0.2, 0.25) is 0 Å². The van der Waals surface area contributed by atoms with Gasteiger partial charge >= 0.3 is 5.97 Å². The van der Waals surface area contributed by atoms with E-state index >= 15 is 0 Å². The highest BCUT2D eigenvalue weighted by Crippen LogP contribution is 2.37. The van der Waals surface area contributed by atoms with Gasteiger partial charge in [0.25, 0.3) is 0 Å². The lowest BCUT2D eigenvalue weighted by Crippen LogP contribution is -2.41. The number of benzene rings is 1. The normalized spacial score (nSPS) is 16.5. The summed E-state index contributed by atoms with van der Waals surface area (Å²) in [7, 11) is 1.33. The average molecular weight is 364 g/mol. The van der Waals surface area contributed by atoms with Gasteiger partial charge in [0.15, 0.2) is 28.7 Å². The van der Waals surface area contributed by atoms with E-state index in [0.717, 1.165) is 12.8 Å². The summed E-state index contributed by atoms with van der Waals surface area (Å²) in [6.45, 7) is 3.22. The number of aromatic carboxylic acids is 1. The predicted octanol–water partition coefficient (Wildman–Crippen LogP) is 2.79. The Labute approximate surface area is 150 Å². The Morgan fingerprint density at radius 3 is 2.69 bits per heavy atom. The smallest absolute Gasteiger partial charge is 0.343 e. The maximum absolute atomic E-state index is 13.6. The lowest BCUT2D eigenvalue weighted by Gasteiger charge is -2.38. The molecular formula is C18H21FN2O5. The van der Waals surface area contributed by atoms with E-state index in [2.05, 4.69) is 5.16 Å². The van der Waals surface area contributed by atoms with Crippen LogP contribution in [0.5, 0.6) is 5.75 Å². The molecule has 1 aromatic carbocycles. The quantitative estimate of drug-likeness (QED) is 0.842. The molecule has 7 nitrogen and oxygen atoms in total. The van der Waals surface area contributed by atoms with Gasteiger partial charge in [-0.05, 0) is 36.5 Å². The summed E-state index contributed by atoms with van der Waals surface area (Å²) in [6, 6.07) is 3.99. The number of carboxylic acid groups (broad SMARTS) is 1. The number of aromatic nitrogens is 1. The fourth-order valence-electron chi connectivity index (χ4n) is 3.10. The van der Waals surface area contributed by atoms with E-state index in [0.29, 0.717) is 18.7 Å². The molecule has 2 heterocycles. The van der Waals surface area contributed by atoms with Crippen molar-refractivity contribution in [2.24, 2.45) is 5.41 Å². The summed E-state index contributed by atoms with van der Waals surface area (Å²) in [5.41, 5.74) is 0.138. The summed E-state index contributed by atoms with van der Waals surface area (Å²) in [5, 5.41) is 23.1. The molecule has 1 saturated heterocycles. The molecule has 1 aromatic heterocycles. The van der Waals surface area contributed by atoms with Crippen LogP contribution in [0, 0.1) is 11.2 Å². The Kier molecular flexibility index (Phi) is 4.86. The number of methoxy groups -OCH3 is 1. The van der Waals surface area contributed by atoms with E-state index < -0.39 is 11.8 Å². The summed E-state index contributed by atoms with van der Waals surface area (Å²) in [4.78, 5) is 13.7. The first-order chi connectivity index (χ1) is 12.4. The molecule has 1 aliphatic rings. The van der Waals surface area contributed by atoms with Gasteiger partial charge in [0.05, 0.1) is 7.11 Å². The minimum absolute atomic E-state index is 0.00604. The molecule has 0 aliphatic carbocycles. The van der Waals surface area contributed by atoms with Crippen molar-refractivity contribution in [3.05, 3.63) is 29.6 Å². The number of halogens is 1. The van der Waals surface area contributed by atoms with Gasteiger partial charge in [-0.2, -0.15) is 0 Å². The molecule has 140 valence electrons. The molecule has 0 unspecified atom stereocenters. The zero-order chi connectivity index (χ0) is 18.9. The summed E-state index contributed by atoms with van der Waals surface area (Å²) < 4.78 is 23.9. The van der Waals surface area contributed by atoms with Crippen molar-refractivity contribution in [1.29, 1.82) is 0 Å². The van der Waals surface area contributed by atoms with Crippen LogP contribution in [0.1, 0.15) is 30.1 Å². The van der Waals surface area contributed by atoms with Crippen molar-refractivity contribution in [1.82, 2.24) is 5.16 Å². The fraction of sp³-hybridized carbons (Fsp3) is 0.444. The molecule has 26 heavy (non-hydrogen) atoms. The van der Waals surface area contributed by atoms with E-state index in [4.69, 9.17) is 9.26 Å². The topological polar surface area (TPSA) is 96.0 Å². The number of ether oxygens (including phenoxy) is 1. The van der Waals surface area contributed by atoms with Crippen LogP contribution >= 0.6 is 0 Å². The second-order valence-corrected chi connectivity index (χ2v) is 6.82. The number of carboxylic acids is 1. The van der Waals surface area contributed by atoms with Gasteiger partial charge in [0, 0.05) is 25.3 Å². The molecule has 1 fully saturated rings. The standard InChI is InChI=1S/C18H21FN2O5/c1-18(10-22)5-7-21(8-6-18)16-14(17(23)24)15(26-20-16)11-3-4-12(19)13(9-11)25-2/h3-4,9,22H,5-8,10H2,1-2H3,(H,23,24). The van der Waals surface area contributed by atoms with Gasteiger partial charge in [0.1, 0.15) is 0 Å². The molecule has 0 bridgehead atoms. The number of rotatable bonds is 5. The molecule has 0 atom stereocenters. The van der Waals surface area contributed by atoms with Crippen LogP contribution in [0.3, 0.4) is 0 Å². The van der Waals surface area contributed by atoms with Gasteiger partial charge in [-0.1, -0.05) is 12.1 Å². The van der Waals surface area contributed by atoms with Crippen LogP contribution in [0.25, 0.3) is 11.3 Å². The van der Waals surface area contributed by atoms with Gasteiger partial charge < -0.3 is 24.4 Å². The first-order valence-corrected chi connectivity index (χ1v) is 8.31. The first kappa shape index (κ1) is 18.2. The zero-order valence-corrected chi connectivity index (χ0v) is 14.7. The third-order valence-corrected chi connectivity index (χ3v) is 4.95. The van der Waals surface area contributed by atoms with E-state index in [9.17, 15) is 19.4 Å². The second-order valence-electron chi connectivity index (χ2n) is 6.82. The molecule has 2 aromatic rings. The Bertz CT molecular complexity index is 812. The third-order valence-electron chi connectivity index (χ3n) is 4.95. The molecule has 0 amide bonds. The lowest BCUT2D eigenvalue weighted by molar-refractivity contribution is 0.0697. The van der Waals surface area contributed by atoms with Gasteiger partial charge in [-0.15, -0.1) is 0 Å². The number of aliphatic hydroxyl groups is 1. The van der Waals surface area contributed by atoms with Gasteiger partial charge in [-0.3, -0.25) is 0 Å². The number of nitrogens with zero attached hydrogens (tertiary/aromatic N) is 2.